The number of carbonyl (C=O) groups is 1. The van der Waals surface area contributed by atoms with Crippen LogP contribution in [0.5, 0.6) is 0 Å². The number of amides is 1. The van der Waals surface area contributed by atoms with Crippen molar-refractivity contribution in [1.29, 1.82) is 0 Å². The van der Waals surface area contributed by atoms with E-state index in [2.05, 4.69) is 16.7 Å². The van der Waals surface area contributed by atoms with Gasteiger partial charge in [0.15, 0.2) is 9.84 Å². The van der Waals surface area contributed by atoms with Crippen LogP contribution in [0, 0.1) is 0 Å². The van der Waals surface area contributed by atoms with Crippen molar-refractivity contribution >= 4 is 26.6 Å². The Morgan fingerprint density at radius 3 is 2.22 bits per heavy atom. The molecule has 32 heavy (non-hydrogen) atoms. The van der Waals surface area contributed by atoms with E-state index in [-0.39, 0.29) is 16.8 Å². The Balaban J connectivity index is 1.67. The summed E-state index contributed by atoms with van der Waals surface area (Å²) in [5.41, 5.74) is 3.63. The maximum Gasteiger partial charge on any atom is 0.270 e. The van der Waals surface area contributed by atoms with E-state index in [1.807, 2.05) is 55.5 Å². The fraction of sp³-hybridized carbons (Fsp3) is 0.192. The maximum absolute atomic E-state index is 13.6. The molecule has 1 aromatic heterocycles. The highest BCUT2D eigenvalue weighted by Crippen LogP contribution is 2.26. The van der Waals surface area contributed by atoms with Crippen LogP contribution in [0.15, 0.2) is 89.8 Å². The summed E-state index contributed by atoms with van der Waals surface area (Å²) in [4.78, 5) is 15.5. The molecule has 0 spiro atoms. The van der Waals surface area contributed by atoms with Crippen LogP contribution < -0.4 is 0 Å². The number of aromatic nitrogens is 1. The highest BCUT2D eigenvalue weighted by atomic mass is 32.2. The molecule has 4 aromatic rings. The fourth-order valence-electron chi connectivity index (χ4n) is 3.90. The topological polar surface area (TPSA) is 59.4 Å². The highest BCUT2D eigenvalue weighted by Gasteiger charge is 2.23. The quantitative estimate of drug-likeness (QED) is 0.422. The third kappa shape index (κ3) is 4.32. The maximum atomic E-state index is 13.6. The van der Waals surface area contributed by atoms with Crippen molar-refractivity contribution < 1.29 is 13.2 Å². The van der Waals surface area contributed by atoms with Gasteiger partial charge >= 0.3 is 0 Å². The molecule has 1 unspecified atom stereocenters. The van der Waals surface area contributed by atoms with E-state index in [9.17, 15) is 13.2 Å². The molecule has 0 saturated heterocycles. The molecule has 4 rings (SSSR count). The largest absolute Gasteiger partial charge is 0.334 e. The first-order chi connectivity index (χ1) is 15.3. The van der Waals surface area contributed by atoms with Gasteiger partial charge in [0.2, 0.25) is 0 Å². The standard InChI is InChI=1S/C26H26N2O3S/c1-19(21-13-15-23(16-14-21)32(3,30)31)27(2)26(29)25-17-22-11-7-8-12-24(22)28(25)18-20-9-5-4-6-10-20/h4-17,19H,18H2,1-3H3. The molecule has 6 heteroatoms. The predicted molar refractivity (Wildman–Crippen MR) is 128 cm³/mol. The van der Waals surface area contributed by atoms with Crippen LogP contribution in [-0.2, 0) is 16.4 Å². The number of para-hydroxylation sites is 1. The van der Waals surface area contributed by atoms with Gasteiger partial charge in [-0.2, -0.15) is 0 Å². The first-order valence-corrected chi connectivity index (χ1v) is 12.3. The molecule has 3 aromatic carbocycles. The van der Waals surface area contributed by atoms with E-state index in [1.165, 1.54) is 6.26 Å². The van der Waals surface area contributed by atoms with Crippen molar-refractivity contribution in [2.24, 2.45) is 0 Å². The number of benzene rings is 3. The molecule has 164 valence electrons. The van der Waals surface area contributed by atoms with Crippen LogP contribution in [0.1, 0.15) is 34.6 Å². The number of carbonyl (C=O) groups excluding carboxylic acids is 1. The van der Waals surface area contributed by atoms with Crippen LogP contribution in [0.3, 0.4) is 0 Å². The number of sulfone groups is 1. The van der Waals surface area contributed by atoms with Crippen molar-refractivity contribution in [3.63, 3.8) is 0 Å². The van der Waals surface area contributed by atoms with Crippen LogP contribution in [0.4, 0.5) is 0 Å². The molecular weight excluding hydrogens is 420 g/mol. The van der Waals surface area contributed by atoms with Crippen LogP contribution in [0.2, 0.25) is 0 Å². The third-order valence-corrected chi connectivity index (χ3v) is 7.03. The zero-order valence-corrected chi connectivity index (χ0v) is 19.2. The van der Waals surface area contributed by atoms with Crippen molar-refractivity contribution in [2.75, 3.05) is 13.3 Å². The number of hydrogen-bond acceptors (Lipinski definition) is 3. The lowest BCUT2D eigenvalue weighted by atomic mass is 10.1. The van der Waals surface area contributed by atoms with E-state index in [4.69, 9.17) is 0 Å². The average Bonchev–Trinajstić information content (AvgIpc) is 3.16. The molecule has 1 heterocycles. The van der Waals surface area contributed by atoms with Gasteiger partial charge in [-0.05, 0) is 42.3 Å². The van der Waals surface area contributed by atoms with E-state index >= 15 is 0 Å². The van der Waals surface area contributed by atoms with Gasteiger partial charge in [0, 0.05) is 30.8 Å². The zero-order valence-electron chi connectivity index (χ0n) is 18.4. The van der Waals surface area contributed by atoms with Gasteiger partial charge in [0.1, 0.15) is 5.69 Å². The summed E-state index contributed by atoms with van der Waals surface area (Å²) in [6.07, 6.45) is 1.19. The normalized spacial score (nSPS) is 12.6. The van der Waals surface area contributed by atoms with E-state index in [0.29, 0.717) is 12.2 Å². The number of nitrogens with zero attached hydrogens (tertiary/aromatic N) is 2. The number of rotatable bonds is 6. The summed E-state index contributed by atoms with van der Waals surface area (Å²) in [6, 6.07) is 26.5. The molecular formula is C26H26N2O3S. The zero-order chi connectivity index (χ0) is 22.9. The fourth-order valence-corrected chi connectivity index (χ4v) is 4.53. The van der Waals surface area contributed by atoms with Gasteiger partial charge in [-0.3, -0.25) is 4.79 Å². The molecule has 0 saturated carbocycles. The second-order valence-electron chi connectivity index (χ2n) is 8.09. The first-order valence-electron chi connectivity index (χ1n) is 10.4. The molecule has 0 fully saturated rings. The summed E-state index contributed by atoms with van der Waals surface area (Å²) in [6.45, 7) is 2.54. The van der Waals surface area contributed by atoms with Crippen molar-refractivity contribution in [3.05, 3.63) is 102 Å². The molecule has 0 radical (unpaired) electrons. The lowest BCUT2D eigenvalue weighted by Gasteiger charge is -2.26. The van der Waals surface area contributed by atoms with E-state index in [0.717, 1.165) is 22.0 Å². The number of hydrogen-bond donors (Lipinski definition) is 0. The van der Waals surface area contributed by atoms with Gasteiger partial charge in [0.05, 0.1) is 10.9 Å². The van der Waals surface area contributed by atoms with Gasteiger partial charge in [-0.15, -0.1) is 0 Å². The van der Waals surface area contributed by atoms with Crippen molar-refractivity contribution in [2.45, 2.75) is 24.4 Å². The van der Waals surface area contributed by atoms with Crippen molar-refractivity contribution in [1.82, 2.24) is 9.47 Å². The Morgan fingerprint density at radius 2 is 1.56 bits per heavy atom. The van der Waals surface area contributed by atoms with Gasteiger partial charge in [-0.1, -0.05) is 60.7 Å². The minimum Gasteiger partial charge on any atom is -0.334 e. The Hall–Kier alpha value is -3.38. The second-order valence-corrected chi connectivity index (χ2v) is 10.1. The van der Waals surface area contributed by atoms with Gasteiger partial charge in [0.25, 0.3) is 5.91 Å². The minimum absolute atomic E-state index is 0.0863. The van der Waals surface area contributed by atoms with Crippen LogP contribution in [0.25, 0.3) is 10.9 Å². The molecule has 1 amide bonds. The van der Waals surface area contributed by atoms with E-state index in [1.54, 1.807) is 36.2 Å². The smallest absolute Gasteiger partial charge is 0.270 e. The third-order valence-electron chi connectivity index (χ3n) is 5.91. The summed E-state index contributed by atoms with van der Waals surface area (Å²) < 4.78 is 25.6. The monoisotopic (exact) mass is 446 g/mol. The second kappa shape index (κ2) is 8.63. The molecule has 0 aliphatic rings. The molecule has 1 atom stereocenters. The molecule has 0 aliphatic carbocycles. The summed E-state index contributed by atoms with van der Waals surface area (Å²) >= 11 is 0. The summed E-state index contributed by atoms with van der Waals surface area (Å²) in [7, 11) is -1.48. The molecule has 0 N–H and O–H groups in total. The summed E-state index contributed by atoms with van der Waals surface area (Å²) in [5.74, 6) is -0.0863. The lowest BCUT2D eigenvalue weighted by molar-refractivity contribution is 0.0732. The highest BCUT2D eigenvalue weighted by molar-refractivity contribution is 7.90. The SMILES string of the molecule is CC(c1ccc(S(C)(=O)=O)cc1)N(C)C(=O)c1cc2ccccc2n1Cc1ccccc1. The van der Waals surface area contributed by atoms with Gasteiger partial charge < -0.3 is 9.47 Å². The Labute approximate surface area is 188 Å². The molecule has 0 bridgehead atoms. The molecule has 5 nitrogen and oxygen atoms in total. The summed E-state index contributed by atoms with van der Waals surface area (Å²) in [5, 5.41) is 1.02. The number of fused-ring (bicyclic) bond motifs is 1. The average molecular weight is 447 g/mol. The van der Waals surface area contributed by atoms with Crippen LogP contribution in [-0.4, -0.2) is 37.1 Å². The first kappa shape index (κ1) is 21.8. The van der Waals surface area contributed by atoms with Crippen molar-refractivity contribution in [3.8, 4) is 0 Å². The minimum atomic E-state index is -3.26. The Morgan fingerprint density at radius 1 is 0.938 bits per heavy atom. The lowest BCUT2D eigenvalue weighted by Crippen LogP contribution is -2.31. The Kier molecular flexibility index (Phi) is 5.89. The Bertz CT molecular complexity index is 1360. The van der Waals surface area contributed by atoms with Crippen LogP contribution >= 0.6 is 0 Å². The van der Waals surface area contributed by atoms with Gasteiger partial charge in [-0.25, -0.2) is 8.42 Å². The predicted octanol–water partition coefficient (Wildman–Crippen LogP) is 4.93. The molecule has 0 aliphatic heterocycles. The van der Waals surface area contributed by atoms with E-state index < -0.39 is 9.84 Å².